The number of phosphoric ester groups is 1. The second-order valence-corrected chi connectivity index (χ2v) is 11.1. The third kappa shape index (κ3) is 16.4. The van der Waals surface area contributed by atoms with Gasteiger partial charge in [-0.2, -0.15) is 8.42 Å². The van der Waals surface area contributed by atoms with Gasteiger partial charge in [-0.25, -0.2) is 13.0 Å². The molecule has 0 spiro atoms. The van der Waals surface area contributed by atoms with E-state index >= 15 is 0 Å². The quantitative estimate of drug-likeness (QED) is 0.127. The zero-order valence-electron chi connectivity index (χ0n) is 16.5. The van der Waals surface area contributed by atoms with Gasteiger partial charge in [0.05, 0.1) is 42.3 Å². The zero-order chi connectivity index (χ0) is 20.5. The van der Waals surface area contributed by atoms with E-state index in [2.05, 4.69) is 0 Å². The van der Waals surface area contributed by atoms with Crippen LogP contribution in [0.5, 0.6) is 0 Å². The summed E-state index contributed by atoms with van der Waals surface area (Å²) in [5.74, 6) is -1.33. The Labute approximate surface area is 184 Å². The molecule has 0 amide bonds. The van der Waals surface area contributed by atoms with Gasteiger partial charge in [-0.3, -0.25) is 17.8 Å². The van der Waals surface area contributed by atoms with E-state index < -0.39 is 45.0 Å². The van der Waals surface area contributed by atoms with Gasteiger partial charge in [-0.15, -0.1) is 0 Å². The van der Waals surface area contributed by atoms with Crippen LogP contribution in [0.4, 0.5) is 0 Å². The van der Waals surface area contributed by atoms with Crippen molar-refractivity contribution in [3.8, 4) is 0 Å². The molecule has 0 aliphatic rings. The molecular formula is C13H28NaO10PS2. The Kier molecular flexibility index (Phi) is 14.8. The molecular weight excluding hydrogens is 434 g/mol. The first-order valence-electron chi connectivity index (χ1n) is 8.08. The van der Waals surface area contributed by atoms with Crippen molar-refractivity contribution in [2.24, 2.45) is 5.41 Å². The molecule has 0 bridgehead atoms. The molecule has 0 aliphatic carbocycles. The number of rotatable bonds is 15. The summed E-state index contributed by atoms with van der Waals surface area (Å²) in [4.78, 5) is 0. The van der Waals surface area contributed by atoms with E-state index in [-0.39, 0.29) is 62.4 Å². The summed E-state index contributed by atoms with van der Waals surface area (Å²) >= 11 is 0. The van der Waals surface area contributed by atoms with Crippen LogP contribution in [0, 0.1) is 5.41 Å². The average molecular weight is 462 g/mol. The monoisotopic (exact) mass is 462 g/mol. The summed E-state index contributed by atoms with van der Waals surface area (Å²) in [6.07, 6.45) is -0.0226. The normalized spacial score (nSPS) is 13.4. The van der Waals surface area contributed by atoms with Gasteiger partial charge in [0.15, 0.2) is 0 Å². The van der Waals surface area contributed by atoms with Gasteiger partial charge in [0.2, 0.25) is 0 Å². The first-order valence-corrected chi connectivity index (χ1v) is 12.7. The van der Waals surface area contributed by atoms with Crippen molar-refractivity contribution in [2.75, 3.05) is 37.9 Å². The van der Waals surface area contributed by atoms with Crippen molar-refractivity contribution in [3.05, 3.63) is 0 Å². The molecule has 27 heavy (non-hydrogen) atoms. The third-order valence-electron chi connectivity index (χ3n) is 3.02. The molecule has 0 heterocycles. The molecule has 14 heteroatoms. The summed E-state index contributed by atoms with van der Waals surface area (Å²) < 4.78 is 87.1. The summed E-state index contributed by atoms with van der Waals surface area (Å²) in [5.41, 5.74) is -0.638. The van der Waals surface area contributed by atoms with Crippen molar-refractivity contribution in [2.45, 2.75) is 40.5 Å². The maximum absolute atomic E-state index is 12.1. The number of phosphoric acid groups is 1. The van der Waals surface area contributed by atoms with Gasteiger partial charge >= 0.3 is 37.4 Å². The van der Waals surface area contributed by atoms with Crippen LogP contribution in [0.2, 0.25) is 0 Å². The maximum Gasteiger partial charge on any atom is 1.00 e. The topological polar surface area (TPSA) is 145 Å². The van der Waals surface area contributed by atoms with E-state index in [1.165, 1.54) is 0 Å². The minimum absolute atomic E-state index is 0. The minimum atomic E-state index is -4.46. The van der Waals surface area contributed by atoms with Gasteiger partial charge in [-0.05, 0) is 32.1 Å². The van der Waals surface area contributed by atoms with Gasteiger partial charge in [-0.1, -0.05) is 13.8 Å². The molecule has 0 atom stereocenters. The zero-order valence-corrected chi connectivity index (χ0v) is 21.0. The van der Waals surface area contributed by atoms with E-state index in [0.717, 1.165) is 0 Å². The van der Waals surface area contributed by atoms with Crippen LogP contribution in [0.15, 0.2) is 0 Å². The van der Waals surface area contributed by atoms with E-state index in [9.17, 15) is 26.0 Å². The van der Waals surface area contributed by atoms with Gasteiger partial charge in [0, 0.05) is 5.75 Å². The predicted octanol–water partition coefficient (Wildman–Crippen LogP) is -1.11. The molecule has 0 aromatic heterocycles. The van der Waals surface area contributed by atoms with Gasteiger partial charge in [0.25, 0.3) is 10.1 Å². The fraction of sp³-hybridized carbons (Fsp3) is 1.00. The molecule has 0 aliphatic heterocycles. The van der Waals surface area contributed by atoms with Crippen molar-refractivity contribution in [1.29, 1.82) is 0 Å². The standard InChI is InChI=1S/C13H29O10PS2.Na/c1-5-20-24(14,21-6-2)22-9-8-13(3,4)12-23-26(18,19)11-7-10-25(15,16)17;/h5-12H2,1-4H3,(H,15,16,17);/q;+1/p-1. The van der Waals surface area contributed by atoms with Crippen molar-refractivity contribution in [1.82, 2.24) is 0 Å². The smallest absolute Gasteiger partial charge is 0.748 e. The van der Waals surface area contributed by atoms with Crippen LogP contribution < -0.4 is 29.6 Å². The fourth-order valence-electron chi connectivity index (χ4n) is 1.65. The van der Waals surface area contributed by atoms with Gasteiger partial charge in [0.1, 0.15) is 0 Å². The molecule has 0 saturated carbocycles. The van der Waals surface area contributed by atoms with Crippen molar-refractivity contribution in [3.63, 3.8) is 0 Å². The Morgan fingerprint density at radius 2 is 1.48 bits per heavy atom. The van der Waals surface area contributed by atoms with Crippen LogP contribution in [0.1, 0.15) is 40.5 Å². The molecule has 0 saturated heterocycles. The molecule has 0 radical (unpaired) electrons. The molecule has 0 N–H and O–H groups in total. The van der Waals surface area contributed by atoms with E-state index in [4.69, 9.17) is 17.8 Å². The van der Waals surface area contributed by atoms with Crippen LogP contribution >= 0.6 is 7.82 Å². The second kappa shape index (κ2) is 13.3. The SMILES string of the molecule is CCOP(=O)(OCC)OCCC(C)(C)COS(=O)(=O)CCCS(=O)(=O)[O-].[Na+]. The molecule has 0 unspecified atom stereocenters. The molecule has 158 valence electrons. The average Bonchev–Trinajstić information content (AvgIpc) is 2.44. The molecule has 10 nitrogen and oxygen atoms in total. The summed E-state index contributed by atoms with van der Waals surface area (Å²) in [7, 11) is -12.1. The molecule has 0 aromatic carbocycles. The second-order valence-electron chi connectivity index (χ2n) is 6.17. The Morgan fingerprint density at radius 3 is 1.93 bits per heavy atom. The van der Waals surface area contributed by atoms with E-state index in [1.807, 2.05) is 0 Å². The first-order chi connectivity index (χ1) is 11.7. The van der Waals surface area contributed by atoms with Crippen molar-refractivity contribution < 1.29 is 73.3 Å². The fourth-order valence-corrected chi connectivity index (χ4v) is 4.62. The number of hydrogen-bond donors (Lipinski definition) is 0. The third-order valence-corrected chi connectivity index (χ3v) is 6.72. The van der Waals surface area contributed by atoms with Crippen LogP contribution in [-0.4, -0.2) is 59.3 Å². The Morgan fingerprint density at radius 1 is 0.963 bits per heavy atom. The Hall–Kier alpha value is 0.930. The largest absolute Gasteiger partial charge is 1.00 e. The van der Waals surface area contributed by atoms with E-state index in [0.29, 0.717) is 6.42 Å². The van der Waals surface area contributed by atoms with Crippen LogP contribution in [0.25, 0.3) is 0 Å². The molecule has 0 aromatic rings. The number of hydrogen-bond acceptors (Lipinski definition) is 10. The summed E-state index contributed by atoms with van der Waals surface area (Å²) in [5, 5.41) is 0. The molecule has 0 rings (SSSR count). The van der Waals surface area contributed by atoms with Crippen LogP contribution in [-0.2, 0) is 42.6 Å². The summed E-state index contributed by atoms with van der Waals surface area (Å²) in [6, 6.07) is 0. The molecule has 0 fully saturated rings. The minimum Gasteiger partial charge on any atom is -0.748 e. The van der Waals surface area contributed by atoms with Gasteiger partial charge < -0.3 is 4.55 Å². The van der Waals surface area contributed by atoms with E-state index in [1.54, 1.807) is 27.7 Å². The maximum atomic E-state index is 12.1. The van der Waals surface area contributed by atoms with Crippen LogP contribution in [0.3, 0.4) is 0 Å². The van der Waals surface area contributed by atoms with Crippen molar-refractivity contribution >= 4 is 28.1 Å². The first kappa shape index (κ1) is 30.1. The Balaban J connectivity index is 0. The Bertz CT molecular complexity index is 653. The predicted molar refractivity (Wildman–Crippen MR) is 94.1 cm³/mol. The summed E-state index contributed by atoms with van der Waals surface area (Å²) in [6.45, 7) is 6.87.